The van der Waals surface area contributed by atoms with Crippen LogP contribution in [-0.4, -0.2) is 46.2 Å². The van der Waals surface area contributed by atoms with Crippen LogP contribution in [0.1, 0.15) is 17.2 Å². The fraction of sp³-hybridized carbons (Fsp3) is 0.368. The number of halogens is 1. The van der Waals surface area contributed by atoms with Crippen molar-refractivity contribution < 1.29 is 13.2 Å². The van der Waals surface area contributed by atoms with Gasteiger partial charge in [-0.3, -0.25) is 4.90 Å². The number of ether oxygens (including phenoxy) is 1. The van der Waals surface area contributed by atoms with Gasteiger partial charge in [-0.1, -0.05) is 47.5 Å². The van der Waals surface area contributed by atoms with Crippen LogP contribution in [0.5, 0.6) is 0 Å². The molecule has 2 aromatic rings. The SMILES string of the molecule is Cc1cccc(C(CNS(=O)(=O)c2cccc(Cl)c2)N2CCOCC2)c1. The van der Waals surface area contributed by atoms with E-state index in [0.717, 1.165) is 24.2 Å². The van der Waals surface area contributed by atoms with E-state index in [1.165, 1.54) is 6.07 Å². The summed E-state index contributed by atoms with van der Waals surface area (Å²) in [6.07, 6.45) is 0. The van der Waals surface area contributed by atoms with Crippen LogP contribution in [0.2, 0.25) is 5.02 Å². The van der Waals surface area contributed by atoms with Gasteiger partial charge in [0.25, 0.3) is 0 Å². The number of aryl methyl sites for hydroxylation is 1. The fourth-order valence-corrected chi connectivity index (χ4v) is 4.47. The maximum absolute atomic E-state index is 12.7. The van der Waals surface area contributed by atoms with Gasteiger partial charge >= 0.3 is 0 Å². The summed E-state index contributed by atoms with van der Waals surface area (Å²) in [5.41, 5.74) is 2.25. The van der Waals surface area contributed by atoms with E-state index in [0.29, 0.717) is 18.2 Å². The Labute approximate surface area is 160 Å². The van der Waals surface area contributed by atoms with Gasteiger partial charge in [-0.25, -0.2) is 13.1 Å². The smallest absolute Gasteiger partial charge is 0.240 e. The van der Waals surface area contributed by atoms with E-state index in [1.54, 1.807) is 18.2 Å². The predicted molar refractivity (Wildman–Crippen MR) is 103 cm³/mol. The van der Waals surface area contributed by atoms with E-state index in [2.05, 4.69) is 15.7 Å². The number of hydrogen-bond acceptors (Lipinski definition) is 4. The van der Waals surface area contributed by atoms with E-state index in [-0.39, 0.29) is 17.5 Å². The Hall–Kier alpha value is -1.44. The maximum Gasteiger partial charge on any atom is 0.240 e. The van der Waals surface area contributed by atoms with Gasteiger partial charge in [0, 0.05) is 30.7 Å². The van der Waals surface area contributed by atoms with Gasteiger partial charge in [-0.2, -0.15) is 0 Å². The molecule has 1 aliphatic heterocycles. The Morgan fingerprint density at radius 3 is 2.58 bits per heavy atom. The first-order valence-corrected chi connectivity index (χ1v) is 10.5. The zero-order valence-electron chi connectivity index (χ0n) is 14.7. The van der Waals surface area contributed by atoms with Crippen molar-refractivity contribution in [3.8, 4) is 0 Å². The number of sulfonamides is 1. The molecule has 1 atom stereocenters. The number of nitrogens with zero attached hydrogens (tertiary/aromatic N) is 1. The predicted octanol–water partition coefficient (Wildman–Crippen LogP) is 3.00. The number of rotatable bonds is 6. The second-order valence-corrected chi connectivity index (χ2v) is 8.59. The van der Waals surface area contributed by atoms with Gasteiger partial charge in [0.1, 0.15) is 0 Å². The standard InChI is InChI=1S/C19H23ClN2O3S/c1-15-4-2-5-16(12-15)19(22-8-10-25-11-9-22)14-21-26(23,24)18-7-3-6-17(20)13-18/h2-7,12-13,19,21H,8-11,14H2,1H3. The van der Waals surface area contributed by atoms with Crippen molar-refractivity contribution in [3.63, 3.8) is 0 Å². The number of nitrogens with one attached hydrogen (secondary N) is 1. The summed E-state index contributed by atoms with van der Waals surface area (Å²) in [6.45, 7) is 5.19. The molecule has 1 heterocycles. The Bertz CT molecular complexity index is 851. The lowest BCUT2D eigenvalue weighted by Crippen LogP contribution is -2.43. The Balaban J connectivity index is 1.81. The maximum atomic E-state index is 12.7. The highest BCUT2D eigenvalue weighted by atomic mass is 35.5. The van der Waals surface area contributed by atoms with Gasteiger partial charge < -0.3 is 4.74 Å². The van der Waals surface area contributed by atoms with Crippen LogP contribution in [0, 0.1) is 6.92 Å². The molecule has 0 radical (unpaired) electrons. The van der Waals surface area contributed by atoms with Gasteiger partial charge in [-0.05, 0) is 30.7 Å². The average Bonchev–Trinajstić information content (AvgIpc) is 2.63. The molecule has 0 saturated carbocycles. The van der Waals surface area contributed by atoms with Crippen molar-refractivity contribution in [1.29, 1.82) is 0 Å². The Morgan fingerprint density at radius 2 is 1.88 bits per heavy atom. The molecule has 1 fully saturated rings. The average molecular weight is 395 g/mol. The Kier molecular flexibility index (Phi) is 6.32. The van der Waals surface area contributed by atoms with Crippen molar-refractivity contribution in [2.75, 3.05) is 32.8 Å². The van der Waals surface area contributed by atoms with E-state index in [1.807, 2.05) is 25.1 Å². The summed E-state index contributed by atoms with van der Waals surface area (Å²) in [4.78, 5) is 2.44. The molecule has 0 bridgehead atoms. The van der Waals surface area contributed by atoms with Crippen molar-refractivity contribution in [2.45, 2.75) is 17.9 Å². The molecule has 2 aromatic carbocycles. The zero-order chi connectivity index (χ0) is 18.6. The molecule has 0 aromatic heterocycles. The normalized spacial score (nSPS) is 17.2. The van der Waals surface area contributed by atoms with E-state index in [9.17, 15) is 8.42 Å². The second kappa shape index (κ2) is 8.50. The van der Waals surface area contributed by atoms with Gasteiger partial charge in [0.15, 0.2) is 0 Å². The van der Waals surface area contributed by atoms with E-state index >= 15 is 0 Å². The monoisotopic (exact) mass is 394 g/mol. The quantitative estimate of drug-likeness (QED) is 0.818. The third kappa shape index (κ3) is 4.84. The fourth-order valence-electron chi connectivity index (χ4n) is 3.13. The van der Waals surface area contributed by atoms with E-state index < -0.39 is 10.0 Å². The third-order valence-corrected chi connectivity index (χ3v) is 6.14. The van der Waals surface area contributed by atoms with Crippen LogP contribution in [0.3, 0.4) is 0 Å². The van der Waals surface area contributed by atoms with Crippen molar-refractivity contribution in [1.82, 2.24) is 9.62 Å². The van der Waals surface area contributed by atoms with Gasteiger partial charge in [0.05, 0.1) is 18.1 Å². The molecule has 7 heteroatoms. The molecule has 1 N–H and O–H groups in total. The molecule has 1 aliphatic rings. The Morgan fingerprint density at radius 1 is 1.15 bits per heavy atom. The first kappa shape index (κ1) is 19.3. The first-order chi connectivity index (χ1) is 12.5. The second-order valence-electron chi connectivity index (χ2n) is 6.39. The van der Waals surface area contributed by atoms with Gasteiger partial charge in [-0.15, -0.1) is 0 Å². The molecule has 1 saturated heterocycles. The van der Waals surface area contributed by atoms with Crippen LogP contribution < -0.4 is 4.72 Å². The van der Waals surface area contributed by atoms with E-state index in [4.69, 9.17) is 16.3 Å². The lowest BCUT2D eigenvalue weighted by molar-refractivity contribution is 0.0172. The third-order valence-electron chi connectivity index (χ3n) is 4.49. The topological polar surface area (TPSA) is 58.6 Å². The zero-order valence-corrected chi connectivity index (χ0v) is 16.3. The molecular formula is C19H23ClN2O3S. The van der Waals surface area contributed by atoms with Crippen molar-refractivity contribution in [3.05, 3.63) is 64.7 Å². The first-order valence-electron chi connectivity index (χ1n) is 8.59. The van der Waals surface area contributed by atoms with Crippen molar-refractivity contribution in [2.24, 2.45) is 0 Å². The number of benzene rings is 2. The highest BCUT2D eigenvalue weighted by molar-refractivity contribution is 7.89. The highest BCUT2D eigenvalue weighted by Crippen LogP contribution is 2.23. The molecule has 26 heavy (non-hydrogen) atoms. The van der Waals surface area contributed by atoms with Gasteiger partial charge in [0.2, 0.25) is 10.0 Å². The minimum Gasteiger partial charge on any atom is -0.379 e. The van der Waals surface area contributed by atoms with Crippen LogP contribution in [-0.2, 0) is 14.8 Å². The molecule has 5 nitrogen and oxygen atoms in total. The molecule has 3 rings (SSSR count). The summed E-state index contributed by atoms with van der Waals surface area (Å²) in [5.74, 6) is 0. The lowest BCUT2D eigenvalue weighted by Gasteiger charge is -2.35. The molecule has 0 amide bonds. The number of hydrogen-bond donors (Lipinski definition) is 1. The largest absolute Gasteiger partial charge is 0.379 e. The highest BCUT2D eigenvalue weighted by Gasteiger charge is 2.25. The molecule has 0 aliphatic carbocycles. The minimum absolute atomic E-state index is 0.0484. The molecule has 1 unspecified atom stereocenters. The molecule has 0 spiro atoms. The van der Waals surface area contributed by atoms with Crippen LogP contribution in [0.4, 0.5) is 0 Å². The number of morpholine rings is 1. The van der Waals surface area contributed by atoms with Crippen LogP contribution in [0.25, 0.3) is 0 Å². The summed E-state index contributed by atoms with van der Waals surface area (Å²) in [6, 6.07) is 14.4. The summed E-state index contributed by atoms with van der Waals surface area (Å²) >= 11 is 5.93. The summed E-state index contributed by atoms with van der Waals surface area (Å²) in [5, 5.41) is 0.399. The van der Waals surface area contributed by atoms with Crippen LogP contribution in [0.15, 0.2) is 53.4 Å². The summed E-state index contributed by atoms with van der Waals surface area (Å²) < 4.78 is 33.5. The molecule has 140 valence electrons. The molecular weight excluding hydrogens is 372 g/mol. The summed E-state index contributed by atoms with van der Waals surface area (Å²) in [7, 11) is -3.63. The minimum atomic E-state index is -3.63. The van der Waals surface area contributed by atoms with Crippen LogP contribution >= 0.6 is 11.6 Å². The van der Waals surface area contributed by atoms with Crippen molar-refractivity contribution >= 4 is 21.6 Å². The lowest BCUT2D eigenvalue weighted by atomic mass is 10.0.